The van der Waals surface area contributed by atoms with Crippen molar-refractivity contribution < 1.29 is 4.79 Å². The molecule has 0 saturated heterocycles. The van der Waals surface area contributed by atoms with Crippen LogP contribution in [0, 0.1) is 0 Å². The van der Waals surface area contributed by atoms with Gasteiger partial charge >= 0.3 is 0 Å². The van der Waals surface area contributed by atoms with Gasteiger partial charge in [0.2, 0.25) is 0 Å². The maximum Gasteiger partial charge on any atom is 0.258 e. The number of nitrogens with zero attached hydrogens (tertiary/aromatic N) is 2. The topological polar surface area (TPSA) is 33.2 Å². The minimum atomic E-state index is -0.0392. The lowest BCUT2D eigenvalue weighted by Gasteiger charge is -2.18. The highest BCUT2D eigenvalue weighted by Crippen LogP contribution is 2.22. The molecule has 0 radical (unpaired) electrons. The fourth-order valence-electron chi connectivity index (χ4n) is 2.19. The predicted octanol–water partition coefficient (Wildman–Crippen LogP) is 3.51. The molecule has 0 bridgehead atoms. The van der Waals surface area contributed by atoms with Crippen molar-refractivity contribution in [3.05, 3.63) is 72.6 Å². The van der Waals surface area contributed by atoms with E-state index < -0.39 is 0 Å². The van der Waals surface area contributed by atoms with Gasteiger partial charge in [-0.05, 0) is 35.0 Å². The van der Waals surface area contributed by atoms with Crippen molar-refractivity contribution in [2.24, 2.45) is 0 Å². The monoisotopic (exact) mass is 262 g/mol. The molecule has 20 heavy (non-hydrogen) atoms. The largest absolute Gasteiger partial charge is 0.311 e. The van der Waals surface area contributed by atoms with Crippen molar-refractivity contribution in [2.75, 3.05) is 11.9 Å². The summed E-state index contributed by atoms with van der Waals surface area (Å²) in [4.78, 5) is 18.0. The number of pyridine rings is 1. The van der Waals surface area contributed by atoms with Crippen LogP contribution in [-0.2, 0) is 0 Å². The van der Waals surface area contributed by atoms with E-state index in [1.807, 2.05) is 36.4 Å². The lowest BCUT2D eigenvalue weighted by molar-refractivity contribution is 0.0993. The number of rotatable bonds is 2. The first-order chi connectivity index (χ1) is 9.75. The molecular weight excluding hydrogens is 248 g/mol. The summed E-state index contributed by atoms with van der Waals surface area (Å²) in [5, 5.41) is 2.29. The first-order valence-electron chi connectivity index (χ1n) is 6.42. The zero-order chi connectivity index (χ0) is 13.9. The van der Waals surface area contributed by atoms with E-state index in [9.17, 15) is 4.79 Å². The minimum absolute atomic E-state index is 0.0392. The van der Waals surface area contributed by atoms with Crippen LogP contribution in [0.2, 0.25) is 0 Å². The highest BCUT2D eigenvalue weighted by molar-refractivity contribution is 6.06. The van der Waals surface area contributed by atoms with Crippen LogP contribution in [0.1, 0.15) is 10.4 Å². The maximum absolute atomic E-state index is 12.4. The van der Waals surface area contributed by atoms with Crippen molar-refractivity contribution in [3.63, 3.8) is 0 Å². The van der Waals surface area contributed by atoms with Crippen LogP contribution in [-0.4, -0.2) is 17.9 Å². The van der Waals surface area contributed by atoms with E-state index in [-0.39, 0.29) is 5.91 Å². The Balaban J connectivity index is 1.96. The van der Waals surface area contributed by atoms with Gasteiger partial charge in [0, 0.05) is 30.7 Å². The molecule has 3 nitrogen and oxygen atoms in total. The molecule has 98 valence electrons. The molecule has 1 heterocycles. The zero-order valence-electron chi connectivity index (χ0n) is 11.2. The molecule has 0 saturated carbocycles. The van der Waals surface area contributed by atoms with Gasteiger partial charge in [0.15, 0.2) is 0 Å². The van der Waals surface area contributed by atoms with Gasteiger partial charge in [0.05, 0.1) is 0 Å². The number of hydrogen-bond acceptors (Lipinski definition) is 2. The average Bonchev–Trinajstić information content (AvgIpc) is 2.54. The molecule has 3 aromatic rings. The Labute approximate surface area is 117 Å². The van der Waals surface area contributed by atoms with Crippen LogP contribution < -0.4 is 4.90 Å². The van der Waals surface area contributed by atoms with Gasteiger partial charge in [-0.25, -0.2) is 0 Å². The Bertz CT molecular complexity index is 753. The predicted molar refractivity (Wildman–Crippen MR) is 80.9 cm³/mol. The number of amides is 1. The number of fused-ring (bicyclic) bond motifs is 1. The highest BCUT2D eigenvalue weighted by Gasteiger charge is 2.13. The summed E-state index contributed by atoms with van der Waals surface area (Å²) >= 11 is 0. The molecule has 0 aliphatic rings. The molecular formula is C17H14N2O. The summed E-state index contributed by atoms with van der Waals surface area (Å²) in [6, 6.07) is 17.6. The van der Waals surface area contributed by atoms with Crippen molar-refractivity contribution >= 4 is 22.4 Å². The summed E-state index contributed by atoms with van der Waals surface area (Å²) in [5.74, 6) is -0.0392. The molecule has 3 heteroatoms. The third-order valence-electron chi connectivity index (χ3n) is 3.35. The molecule has 0 aliphatic carbocycles. The SMILES string of the molecule is CN(C(=O)c1ccncc1)c1ccc2ccccc2c1. The minimum Gasteiger partial charge on any atom is -0.311 e. The van der Waals surface area contributed by atoms with Gasteiger partial charge in [-0.2, -0.15) is 0 Å². The zero-order valence-corrected chi connectivity index (χ0v) is 11.2. The van der Waals surface area contributed by atoms with Crippen LogP contribution in [0.5, 0.6) is 0 Å². The van der Waals surface area contributed by atoms with E-state index in [1.54, 1.807) is 36.5 Å². The van der Waals surface area contributed by atoms with Crippen LogP contribution in [0.15, 0.2) is 67.0 Å². The lowest BCUT2D eigenvalue weighted by Crippen LogP contribution is -2.26. The number of carbonyl (C=O) groups is 1. The van der Waals surface area contributed by atoms with E-state index in [4.69, 9.17) is 0 Å². The average molecular weight is 262 g/mol. The molecule has 0 unspecified atom stereocenters. The van der Waals surface area contributed by atoms with Gasteiger partial charge in [-0.1, -0.05) is 30.3 Å². The standard InChI is InChI=1S/C17H14N2O/c1-19(17(20)14-8-10-18-11-9-14)16-7-6-13-4-2-3-5-15(13)12-16/h2-12H,1H3. The van der Waals surface area contributed by atoms with E-state index >= 15 is 0 Å². The van der Waals surface area contributed by atoms with Crippen molar-refractivity contribution in [3.8, 4) is 0 Å². The summed E-state index contributed by atoms with van der Waals surface area (Å²) in [6.07, 6.45) is 3.25. The smallest absolute Gasteiger partial charge is 0.258 e. The molecule has 2 aromatic carbocycles. The lowest BCUT2D eigenvalue weighted by atomic mass is 10.1. The highest BCUT2D eigenvalue weighted by atomic mass is 16.2. The van der Waals surface area contributed by atoms with Gasteiger partial charge < -0.3 is 4.90 Å². The van der Waals surface area contributed by atoms with Crippen molar-refractivity contribution in [1.29, 1.82) is 0 Å². The third-order valence-corrected chi connectivity index (χ3v) is 3.35. The molecule has 0 spiro atoms. The molecule has 0 fully saturated rings. The molecule has 0 atom stereocenters. The number of hydrogen-bond donors (Lipinski definition) is 0. The van der Waals surface area contributed by atoms with E-state index in [0.29, 0.717) is 5.56 Å². The number of benzene rings is 2. The van der Waals surface area contributed by atoms with Crippen molar-refractivity contribution in [2.45, 2.75) is 0 Å². The maximum atomic E-state index is 12.4. The Kier molecular flexibility index (Phi) is 3.17. The Morgan fingerprint density at radius 3 is 2.40 bits per heavy atom. The van der Waals surface area contributed by atoms with Crippen LogP contribution in [0.4, 0.5) is 5.69 Å². The summed E-state index contributed by atoms with van der Waals surface area (Å²) in [7, 11) is 1.78. The first-order valence-corrected chi connectivity index (χ1v) is 6.42. The van der Waals surface area contributed by atoms with Crippen molar-refractivity contribution in [1.82, 2.24) is 4.98 Å². The van der Waals surface area contributed by atoms with Gasteiger partial charge in [0.25, 0.3) is 5.91 Å². The number of anilines is 1. The fraction of sp³-hybridized carbons (Fsp3) is 0.0588. The van der Waals surface area contributed by atoms with Crippen LogP contribution in [0.25, 0.3) is 10.8 Å². The molecule has 3 rings (SSSR count). The third kappa shape index (κ3) is 2.26. The summed E-state index contributed by atoms with van der Waals surface area (Å²) < 4.78 is 0. The number of aromatic nitrogens is 1. The van der Waals surface area contributed by atoms with Gasteiger partial charge in [0.1, 0.15) is 0 Å². The van der Waals surface area contributed by atoms with E-state index in [0.717, 1.165) is 11.1 Å². The van der Waals surface area contributed by atoms with E-state index in [1.165, 1.54) is 5.39 Å². The Morgan fingerprint density at radius 2 is 1.65 bits per heavy atom. The Morgan fingerprint density at radius 1 is 0.950 bits per heavy atom. The molecule has 0 aliphatic heterocycles. The van der Waals surface area contributed by atoms with E-state index in [2.05, 4.69) is 11.1 Å². The Hall–Kier alpha value is -2.68. The second-order valence-corrected chi connectivity index (χ2v) is 4.63. The van der Waals surface area contributed by atoms with Crippen LogP contribution in [0.3, 0.4) is 0 Å². The van der Waals surface area contributed by atoms with Crippen LogP contribution >= 0.6 is 0 Å². The molecule has 1 aromatic heterocycles. The van der Waals surface area contributed by atoms with Gasteiger partial charge in [-0.15, -0.1) is 0 Å². The second-order valence-electron chi connectivity index (χ2n) is 4.63. The second kappa shape index (κ2) is 5.13. The fourth-order valence-corrected chi connectivity index (χ4v) is 2.19. The summed E-state index contributed by atoms with van der Waals surface area (Å²) in [6.45, 7) is 0. The first kappa shape index (κ1) is 12.4. The quantitative estimate of drug-likeness (QED) is 0.708. The normalized spacial score (nSPS) is 10.4. The number of carbonyl (C=O) groups excluding carboxylic acids is 1. The van der Waals surface area contributed by atoms with Gasteiger partial charge in [-0.3, -0.25) is 9.78 Å². The molecule has 1 amide bonds. The summed E-state index contributed by atoms with van der Waals surface area (Å²) in [5.41, 5.74) is 1.51. The molecule has 0 N–H and O–H groups in total.